The van der Waals surface area contributed by atoms with Crippen molar-refractivity contribution in [1.29, 1.82) is 0 Å². The Morgan fingerprint density at radius 3 is 3.05 bits per heavy atom. The summed E-state index contributed by atoms with van der Waals surface area (Å²) >= 11 is 1.66. The van der Waals surface area contributed by atoms with Crippen LogP contribution in [0.15, 0.2) is 35.0 Å². The molecule has 0 radical (unpaired) electrons. The number of benzene rings is 1. The van der Waals surface area contributed by atoms with E-state index in [9.17, 15) is 9.59 Å². The Bertz CT molecular complexity index is 680. The van der Waals surface area contributed by atoms with Crippen molar-refractivity contribution in [3.05, 3.63) is 51.7 Å². The van der Waals surface area contributed by atoms with Gasteiger partial charge in [-0.2, -0.15) is 11.3 Å². The lowest BCUT2D eigenvalue weighted by Crippen LogP contribution is -2.34. The van der Waals surface area contributed by atoms with Gasteiger partial charge in [0.1, 0.15) is 0 Å². The summed E-state index contributed by atoms with van der Waals surface area (Å²) in [5.74, 6) is -0.130. The maximum absolute atomic E-state index is 12.2. The van der Waals surface area contributed by atoms with Crippen LogP contribution in [-0.4, -0.2) is 17.9 Å². The smallest absolute Gasteiger partial charge is 0.251 e. The maximum Gasteiger partial charge on any atom is 0.251 e. The quantitative estimate of drug-likeness (QED) is 0.912. The lowest BCUT2D eigenvalue weighted by atomic mass is 10.1. The molecule has 0 saturated heterocycles. The van der Waals surface area contributed by atoms with Gasteiger partial charge in [-0.1, -0.05) is 6.07 Å². The van der Waals surface area contributed by atoms with E-state index in [4.69, 9.17) is 0 Å². The molecule has 1 aromatic heterocycles. The van der Waals surface area contributed by atoms with Crippen molar-refractivity contribution < 1.29 is 9.59 Å². The number of thiophene rings is 1. The second kappa shape index (κ2) is 5.69. The van der Waals surface area contributed by atoms with E-state index in [1.807, 2.05) is 18.4 Å². The van der Waals surface area contributed by atoms with Crippen molar-refractivity contribution in [1.82, 2.24) is 5.32 Å². The van der Waals surface area contributed by atoms with Gasteiger partial charge < -0.3 is 10.6 Å². The topological polar surface area (TPSA) is 58.2 Å². The highest BCUT2D eigenvalue weighted by Gasteiger charge is 2.19. The molecule has 1 aromatic carbocycles. The summed E-state index contributed by atoms with van der Waals surface area (Å²) in [5.41, 5.74) is 3.50. The van der Waals surface area contributed by atoms with Crippen LogP contribution in [0.3, 0.4) is 0 Å². The molecule has 5 heteroatoms. The predicted molar refractivity (Wildman–Crippen MR) is 83.7 cm³/mol. The highest BCUT2D eigenvalue weighted by Crippen LogP contribution is 2.24. The molecular formula is C16H16N2O2S. The van der Waals surface area contributed by atoms with Crippen molar-refractivity contribution >= 4 is 28.8 Å². The summed E-state index contributed by atoms with van der Waals surface area (Å²) in [6.45, 7) is 1.99. The van der Waals surface area contributed by atoms with Gasteiger partial charge in [0.05, 0.1) is 6.42 Å². The van der Waals surface area contributed by atoms with Crippen LogP contribution in [0.4, 0.5) is 5.69 Å². The van der Waals surface area contributed by atoms with Gasteiger partial charge in [-0.05, 0) is 53.4 Å². The third-order valence-corrected chi connectivity index (χ3v) is 4.23. The molecule has 21 heavy (non-hydrogen) atoms. The van der Waals surface area contributed by atoms with Gasteiger partial charge in [0.2, 0.25) is 5.91 Å². The SMILES string of the molecule is CC(Cc1ccsc1)NC(=O)c1ccc2c(c1)NC(=O)C2. The molecule has 2 N–H and O–H groups in total. The second-order valence-corrected chi connectivity index (χ2v) is 6.09. The van der Waals surface area contributed by atoms with Crippen LogP contribution < -0.4 is 10.6 Å². The first-order valence-electron chi connectivity index (χ1n) is 6.86. The Hall–Kier alpha value is -2.14. The lowest BCUT2D eigenvalue weighted by Gasteiger charge is -2.13. The predicted octanol–water partition coefficient (Wildman–Crippen LogP) is 2.60. The van der Waals surface area contributed by atoms with Gasteiger partial charge >= 0.3 is 0 Å². The molecule has 4 nitrogen and oxygen atoms in total. The van der Waals surface area contributed by atoms with E-state index in [0.717, 1.165) is 17.7 Å². The summed E-state index contributed by atoms with van der Waals surface area (Å²) in [7, 11) is 0. The largest absolute Gasteiger partial charge is 0.349 e. The minimum absolute atomic E-state index is 0.0200. The Labute approximate surface area is 127 Å². The fourth-order valence-corrected chi connectivity index (χ4v) is 3.16. The van der Waals surface area contributed by atoms with Gasteiger partial charge in [-0.25, -0.2) is 0 Å². The van der Waals surface area contributed by atoms with Crippen LogP contribution >= 0.6 is 11.3 Å². The Morgan fingerprint density at radius 2 is 2.29 bits per heavy atom. The van der Waals surface area contributed by atoms with E-state index in [1.54, 1.807) is 23.5 Å². The lowest BCUT2D eigenvalue weighted by molar-refractivity contribution is -0.115. The van der Waals surface area contributed by atoms with Gasteiger partial charge in [0.25, 0.3) is 5.91 Å². The summed E-state index contributed by atoms with van der Waals surface area (Å²) in [5, 5.41) is 9.88. The van der Waals surface area contributed by atoms with Gasteiger partial charge in [-0.3, -0.25) is 9.59 Å². The summed E-state index contributed by atoms with van der Waals surface area (Å²) in [4.78, 5) is 23.6. The van der Waals surface area contributed by atoms with Crippen molar-refractivity contribution in [2.24, 2.45) is 0 Å². The zero-order valence-corrected chi connectivity index (χ0v) is 12.5. The van der Waals surface area contributed by atoms with Crippen LogP contribution in [-0.2, 0) is 17.6 Å². The average molecular weight is 300 g/mol. The number of fused-ring (bicyclic) bond motifs is 1. The number of amides is 2. The molecule has 1 aliphatic heterocycles. The van der Waals surface area contributed by atoms with E-state index in [0.29, 0.717) is 12.0 Å². The highest BCUT2D eigenvalue weighted by molar-refractivity contribution is 7.07. The fraction of sp³-hybridized carbons (Fsp3) is 0.250. The first kappa shape index (κ1) is 13.8. The van der Waals surface area contributed by atoms with E-state index >= 15 is 0 Å². The molecule has 2 amide bonds. The molecule has 1 aliphatic rings. The molecule has 2 heterocycles. The molecule has 0 aliphatic carbocycles. The number of nitrogens with one attached hydrogen (secondary N) is 2. The number of carbonyl (C=O) groups excluding carboxylic acids is 2. The summed E-state index contributed by atoms with van der Waals surface area (Å²) in [6, 6.07) is 7.48. The molecule has 0 bridgehead atoms. The van der Waals surface area contributed by atoms with Gasteiger partial charge in [0.15, 0.2) is 0 Å². The van der Waals surface area contributed by atoms with Crippen molar-refractivity contribution in [2.75, 3.05) is 5.32 Å². The summed E-state index contributed by atoms with van der Waals surface area (Å²) in [6.07, 6.45) is 1.21. The number of carbonyl (C=O) groups is 2. The first-order chi connectivity index (χ1) is 10.1. The number of hydrogen-bond donors (Lipinski definition) is 2. The van der Waals surface area contributed by atoms with E-state index in [1.165, 1.54) is 5.56 Å². The standard InChI is InChI=1S/C16H16N2O2S/c1-10(6-11-4-5-21-9-11)17-16(20)13-3-2-12-8-15(19)18-14(12)7-13/h2-5,7,9-10H,6,8H2,1H3,(H,17,20)(H,18,19). The Kier molecular flexibility index (Phi) is 3.75. The Balaban J connectivity index is 1.66. The zero-order valence-electron chi connectivity index (χ0n) is 11.7. The van der Waals surface area contributed by atoms with Crippen LogP contribution in [0, 0.1) is 0 Å². The average Bonchev–Trinajstić information content (AvgIpc) is 3.05. The molecule has 0 spiro atoms. The molecule has 0 fully saturated rings. The summed E-state index contributed by atoms with van der Waals surface area (Å²) < 4.78 is 0. The van der Waals surface area contributed by atoms with Gasteiger partial charge in [-0.15, -0.1) is 0 Å². The van der Waals surface area contributed by atoms with Crippen LogP contribution in [0.2, 0.25) is 0 Å². The minimum atomic E-state index is -0.110. The first-order valence-corrected chi connectivity index (χ1v) is 7.81. The van der Waals surface area contributed by atoms with Crippen LogP contribution in [0.5, 0.6) is 0 Å². The third kappa shape index (κ3) is 3.13. The fourth-order valence-electron chi connectivity index (χ4n) is 2.48. The third-order valence-electron chi connectivity index (χ3n) is 3.50. The normalized spacial score (nSPS) is 14.4. The van der Waals surface area contributed by atoms with Crippen LogP contribution in [0.25, 0.3) is 0 Å². The monoisotopic (exact) mass is 300 g/mol. The van der Waals surface area contributed by atoms with E-state index in [2.05, 4.69) is 22.1 Å². The minimum Gasteiger partial charge on any atom is -0.349 e. The molecule has 1 unspecified atom stereocenters. The number of hydrogen-bond acceptors (Lipinski definition) is 3. The number of rotatable bonds is 4. The maximum atomic E-state index is 12.2. The van der Waals surface area contributed by atoms with E-state index in [-0.39, 0.29) is 17.9 Å². The molecule has 108 valence electrons. The number of anilines is 1. The molecule has 0 saturated carbocycles. The second-order valence-electron chi connectivity index (χ2n) is 5.31. The highest BCUT2D eigenvalue weighted by atomic mass is 32.1. The molecular weight excluding hydrogens is 284 g/mol. The van der Waals surface area contributed by atoms with Crippen molar-refractivity contribution in [3.8, 4) is 0 Å². The van der Waals surface area contributed by atoms with Crippen molar-refractivity contribution in [3.63, 3.8) is 0 Å². The van der Waals surface area contributed by atoms with E-state index < -0.39 is 0 Å². The molecule has 1 atom stereocenters. The molecule has 2 aromatic rings. The zero-order chi connectivity index (χ0) is 14.8. The van der Waals surface area contributed by atoms with Crippen molar-refractivity contribution in [2.45, 2.75) is 25.8 Å². The van der Waals surface area contributed by atoms with Gasteiger partial charge in [0, 0.05) is 17.3 Å². The molecule has 3 rings (SSSR count). The van der Waals surface area contributed by atoms with Crippen LogP contribution in [0.1, 0.15) is 28.4 Å². The Morgan fingerprint density at radius 1 is 1.43 bits per heavy atom.